The highest BCUT2D eigenvalue weighted by Crippen LogP contribution is 2.21. The van der Waals surface area contributed by atoms with Gasteiger partial charge >= 0.3 is 0 Å². The third kappa shape index (κ3) is 2.89. The Labute approximate surface area is 162 Å². The van der Waals surface area contributed by atoms with Gasteiger partial charge in [0.25, 0.3) is 5.56 Å². The lowest BCUT2D eigenvalue weighted by Crippen LogP contribution is -2.15. The van der Waals surface area contributed by atoms with Crippen molar-refractivity contribution in [1.82, 2.24) is 14.0 Å². The van der Waals surface area contributed by atoms with Gasteiger partial charge in [-0.2, -0.15) is 0 Å². The molecule has 4 nitrogen and oxygen atoms in total. The van der Waals surface area contributed by atoms with E-state index in [1.807, 2.05) is 60.7 Å². The molecule has 0 saturated heterocycles. The normalized spacial score (nSPS) is 11.3. The predicted molar refractivity (Wildman–Crippen MR) is 112 cm³/mol. The van der Waals surface area contributed by atoms with Gasteiger partial charge < -0.3 is 4.57 Å². The lowest BCUT2D eigenvalue weighted by molar-refractivity contribution is 0.775. The van der Waals surface area contributed by atoms with Crippen molar-refractivity contribution in [3.05, 3.63) is 118 Å². The maximum Gasteiger partial charge on any atom is 0.267 e. The summed E-state index contributed by atoms with van der Waals surface area (Å²) < 4.78 is 3.79. The minimum absolute atomic E-state index is 0.0262. The van der Waals surface area contributed by atoms with Gasteiger partial charge in [-0.25, -0.2) is 4.98 Å². The fourth-order valence-electron chi connectivity index (χ4n) is 3.70. The van der Waals surface area contributed by atoms with Crippen LogP contribution >= 0.6 is 0 Å². The van der Waals surface area contributed by atoms with Gasteiger partial charge in [0.1, 0.15) is 11.3 Å². The van der Waals surface area contributed by atoms with Crippen molar-refractivity contribution >= 4 is 16.7 Å². The zero-order valence-corrected chi connectivity index (χ0v) is 15.3. The summed E-state index contributed by atoms with van der Waals surface area (Å²) in [6, 6.07) is 28.3. The molecule has 0 aliphatic heterocycles. The summed E-state index contributed by atoms with van der Waals surface area (Å²) in [5, 5.41) is 0.658. The van der Waals surface area contributed by atoms with E-state index in [-0.39, 0.29) is 5.56 Å². The number of fused-ring (bicyclic) bond motifs is 2. The fourth-order valence-corrected chi connectivity index (χ4v) is 3.70. The number of aromatic nitrogens is 3. The van der Waals surface area contributed by atoms with Crippen molar-refractivity contribution in [1.29, 1.82) is 0 Å². The molecule has 0 aliphatic carbocycles. The van der Waals surface area contributed by atoms with Gasteiger partial charge in [0.05, 0.1) is 5.39 Å². The molecule has 0 aliphatic rings. The van der Waals surface area contributed by atoms with Crippen LogP contribution in [-0.2, 0) is 13.0 Å². The number of nitrogens with zero attached hydrogens (tertiary/aromatic N) is 3. The van der Waals surface area contributed by atoms with E-state index in [0.717, 1.165) is 17.8 Å². The van der Waals surface area contributed by atoms with Crippen molar-refractivity contribution in [2.75, 3.05) is 0 Å². The van der Waals surface area contributed by atoms with Crippen molar-refractivity contribution in [3.8, 4) is 0 Å². The Kier molecular flexibility index (Phi) is 4.02. The lowest BCUT2D eigenvalue weighted by Gasteiger charge is -2.11. The highest BCUT2D eigenvalue weighted by Gasteiger charge is 2.15. The first kappa shape index (κ1) is 16.5. The number of hydrogen-bond acceptors (Lipinski definition) is 2. The molecule has 3 heterocycles. The number of benzene rings is 2. The van der Waals surface area contributed by atoms with Crippen LogP contribution in [0.2, 0.25) is 0 Å². The van der Waals surface area contributed by atoms with E-state index in [9.17, 15) is 4.79 Å². The summed E-state index contributed by atoms with van der Waals surface area (Å²) in [6.45, 7) is 0.682. The Hall–Kier alpha value is -3.66. The third-order valence-electron chi connectivity index (χ3n) is 5.07. The molecule has 5 rings (SSSR count). The van der Waals surface area contributed by atoms with Crippen LogP contribution in [0, 0.1) is 0 Å². The fraction of sp³-hybridized carbons (Fsp3) is 0.0833. The maximum atomic E-state index is 13.1. The van der Waals surface area contributed by atoms with Crippen LogP contribution in [0.4, 0.5) is 0 Å². The number of hydrogen-bond donors (Lipinski definition) is 0. The van der Waals surface area contributed by atoms with E-state index in [1.54, 1.807) is 10.6 Å². The predicted octanol–water partition coefficient (Wildman–Crippen LogP) is 4.29. The highest BCUT2D eigenvalue weighted by molar-refractivity contribution is 5.79. The van der Waals surface area contributed by atoms with Gasteiger partial charge in [-0.1, -0.05) is 66.7 Å². The van der Waals surface area contributed by atoms with Crippen LogP contribution in [0.15, 0.2) is 95.9 Å². The quantitative estimate of drug-likeness (QED) is 0.477. The van der Waals surface area contributed by atoms with Crippen molar-refractivity contribution in [3.63, 3.8) is 0 Å². The van der Waals surface area contributed by atoms with E-state index in [0.29, 0.717) is 17.6 Å². The first-order chi connectivity index (χ1) is 13.8. The Balaban J connectivity index is 1.74. The molecule has 0 N–H and O–H groups in total. The van der Waals surface area contributed by atoms with E-state index in [1.165, 1.54) is 11.1 Å². The average molecular weight is 365 g/mol. The molecule has 0 fully saturated rings. The molecule has 4 heteroatoms. The second-order valence-corrected chi connectivity index (χ2v) is 6.95. The van der Waals surface area contributed by atoms with Crippen molar-refractivity contribution < 1.29 is 0 Å². The maximum absolute atomic E-state index is 13.1. The Morgan fingerprint density at radius 2 is 1.46 bits per heavy atom. The van der Waals surface area contributed by atoms with Crippen LogP contribution < -0.4 is 5.56 Å². The lowest BCUT2D eigenvalue weighted by atomic mass is 10.1. The first-order valence-electron chi connectivity index (χ1n) is 9.37. The van der Waals surface area contributed by atoms with Gasteiger partial charge in [0.15, 0.2) is 0 Å². The summed E-state index contributed by atoms with van der Waals surface area (Å²) in [4.78, 5) is 17.9. The topological polar surface area (TPSA) is 39.3 Å². The van der Waals surface area contributed by atoms with Gasteiger partial charge in [0.2, 0.25) is 0 Å². The summed E-state index contributed by atoms with van der Waals surface area (Å²) in [5.41, 5.74) is 4.87. The van der Waals surface area contributed by atoms with E-state index < -0.39 is 0 Å². The number of pyridine rings is 1. The first-order valence-corrected chi connectivity index (χ1v) is 9.37. The van der Waals surface area contributed by atoms with Crippen LogP contribution in [0.1, 0.15) is 16.8 Å². The van der Waals surface area contributed by atoms with Crippen LogP contribution in [0.3, 0.4) is 0 Å². The minimum Gasteiger partial charge on any atom is -0.325 e. The summed E-state index contributed by atoms with van der Waals surface area (Å²) >= 11 is 0. The zero-order chi connectivity index (χ0) is 18.9. The summed E-state index contributed by atoms with van der Waals surface area (Å²) in [5.74, 6) is 0. The van der Waals surface area contributed by atoms with Gasteiger partial charge in [-0.3, -0.25) is 9.20 Å². The number of rotatable bonds is 4. The van der Waals surface area contributed by atoms with E-state index >= 15 is 0 Å². The Bertz CT molecular complexity index is 1320. The van der Waals surface area contributed by atoms with Gasteiger partial charge in [0, 0.05) is 24.9 Å². The second kappa shape index (κ2) is 6.82. The van der Waals surface area contributed by atoms with Crippen LogP contribution in [-0.4, -0.2) is 14.0 Å². The average Bonchev–Trinajstić information content (AvgIpc) is 3.07. The minimum atomic E-state index is -0.0262. The van der Waals surface area contributed by atoms with E-state index in [2.05, 4.69) is 28.8 Å². The molecule has 0 amide bonds. The van der Waals surface area contributed by atoms with Gasteiger partial charge in [-0.15, -0.1) is 0 Å². The standard InChI is InChI=1S/C24H19N3O/c28-24-21-16-20(15-18-9-3-1-4-10-18)27(17-19-11-5-2-6-12-19)23(21)25-22-13-7-8-14-26(22)24/h1-14,16H,15,17H2. The molecular weight excluding hydrogens is 346 g/mol. The van der Waals surface area contributed by atoms with Crippen molar-refractivity contribution in [2.24, 2.45) is 0 Å². The van der Waals surface area contributed by atoms with Crippen LogP contribution in [0.25, 0.3) is 16.7 Å². The monoisotopic (exact) mass is 365 g/mol. The SMILES string of the molecule is O=c1c2cc(Cc3ccccc3)n(Cc3ccccc3)c2nc2ccccn12. The molecule has 5 aromatic rings. The molecule has 0 bridgehead atoms. The largest absolute Gasteiger partial charge is 0.325 e. The molecule has 3 aromatic heterocycles. The Morgan fingerprint density at radius 3 is 2.21 bits per heavy atom. The summed E-state index contributed by atoms with van der Waals surface area (Å²) in [7, 11) is 0. The Morgan fingerprint density at radius 1 is 0.786 bits per heavy atom. The molecule has 136 valence electrons. The third-order valence-corrected chi connectivity index (χ3v) is 5.07. The molecule has 0 saturated carbocycles. The summed E-state index contributed by atoms with van der Waals surface area (Å²) in [6.07, 6.45) is 2.53. The molecular formula is C24H19N3O. The van der Waals surface area contributed by atoms with Crippen LogP contribution in [0.5, 0.6) is 0 Å². The second-order valence-electron chi connectivity index (χ2n) is 6.95. The molecule has 2 aromatic carbocycles. The molecule has 0 radical (unpaired) electrons. The zero-order valence-electron chi connectivity index (χ0n) is 15.3. The molecule has 0 spiro atoms. The molecule has 0 atom stereocenters. The van der Waals surface area contributed by atoms with Gasteiger partial charge in [-0.05, 0) is 29.3 Å². The highest BCUT2D eigenvalue weighted by atomic mass is 16.1. The smallest absolute Gasteiger partial charge is 0.267 e. The molecule has 28 heavy (non-hydrogen) atoms. The van der Waals surface area contributed by atoms with E-state index in [4.69, 9.17) is 4.98 Å². The molecule has 0 unspecified atom stereocenters. The van der Waals surface area contributed by atoms with Crippen molar-refractivity contribution in [2.45, 2.75) is 13.0 Å².